The molecular weight excluding hydrogens is 214 g/mol. The fourth-order valence-electron chi connectivity index (χ4n) is 2.89. The van der Waals surface area contributed by atoms with Gasteiger partial charge in [0, 0.05) is 35.4 Å². The van der Waals surface area contributed by atoms with Crippen LogP contribution in [-0.4, -0.2) is 28.0 Å². The highest BCUT2D eigenvalue weighted by Crippen LogP contribution is 2.38. The molecule has 4 heteroatoms. The summed E-state index contributed by atoms with van der Waals surface area (Å²) in [5, 5.41) is 20.2. The quantitative estimate of drug-likeness (QED) is 0.749. The van der Waals surface area contributed by atoms with Crippen molar-refractivity contribution in [3.8, 4) is 0 Å². The van der Waals surface area contributed by atoms with E-state index in [9.17, 15) is 5.11 Å². The second-order valence-electron chi connectivity index (χ2n) is 5.60. The maximum absolute atomic E-state index is 9.54. The minimum Gasteiger partial charge on any atom is -0.396 e. The predicted octanol–water partition coefficient (Wildman–Crippen LogP) is 1.92. The number of aliphatic hydroxyl groups excluding tert-OH is 1. The molecule has 3 unspecified atom stereocenters. The van der Waals surface area contributed by atoms with Gasteiger partial charge in [-0.1, -0.05) is 13.3 Å². The first-order valence-corrected chi connectivity index (χ1v) is 6.43. The van der Waals surface area contributed by atoms with Gasteiger partial charge in [-0.25, -0.2) is 0 Å². The van der Waals surface area contributed by atoms with Crippen LogP contribution in [0.1, 0.15) is 50.4 Å². The molecule has 0 saturated heterocycles. The van der Waals surface area contributed by atoms with Crippen LogP contribution in [0.2, 0.25) is 0 Å². The summed E-state index contributed by atoms with van der Waals surface area (Å²) in [4.78, 5) is 0. The van der Waals surface area contributed by atoms with Gasteiger partial charge in [-0.05, 0) is 26.7 Å². The van der Waals surface area contributed by atoms with Crippen molar-refractivity contribution < 1.29 is 5.11 Å². The van der Waals surface area contributed by atoms with E-state index in [2.05, 4.69) is 29.4 Å². The van der Waals surface area contributed by atoms with E-state index >= 15 is 0 Å². The van der Waals surface area contributed by atoms with Crippen LogP contribution in [-0.2, 0) is 0 Å². The van der Waals surface area contributed by atoms with E-state index < -0.39 is 0 Å². The second kappa shape index (κ2) is 4.78. The van der Waals surface area contributed by atoms with Gasteiger partial charge < -0.3 is 10.4 Å². The fraction of sp³-hybridized carbons (Fsp3) is 0.769. The van der Waals surface area contributed by atoms with Gasteiger partial charge in [0.25, 0.3) is 0 Å². The van der Waals surface area contributed by atoms with Crippen LogP contribution in [0.25, 0.3) is 0 Å². The molecule has 0 aromatic carbocycles. The molecule has 1 aliphatic rings. The van der Waals surface area contributed by atoms with Gasteiger partial charge in [-0.2, -0.15) is 5.10 Å². The van der Waals surface area contributed by atoms with Crippen LogP contribution < -0.4 is 5.32 Å². The highest BCUT2D eigenvalue weighted by Gasteiger charge is 2.38. The van der Waals surface area contributed by atoms with E-state index in [0.717, 1.165) is 18.5 Å². The zero-order valence-electron chi connectivity index (χ0n) is 11.0. The van der Waals surface area contributed by atoms with Gasteiger partial charge in [0.2, 0.25) is 0 Å². The van der Waals surface area contributed by atoms with Crippen molar-refractivity contribution >= 4 is 0 Å². The number of rotatable bonds is 4. The average Bonchev–Trinajstić information content (AvgIpc) is 2.87. The number of aromatic nitrogens is 2. The molecule has 3 atom stereocenters. The number of aryl methyl sites for hydroxylation is 1. The molecule has 1 heterocycles. The van der Waals surface area contributed by atoms with Crippen molar-refractivity contribution in [1.29, 1.82) is 0 Å². The van der Waals surface area contributed by atoms with Gasteiger partial charge in [0.05, 0.1) is 6.20 Å². The number of nitrogens with one attached hydrogen (secondary N) is 2. The average molecular weight is 237 g/mol. The molecule has 0 amide bonds. The summed E-state index contributed by atoms with van der Waals surface area (Å²) in [6.45, 7) is 6.64. The Morgan fingerprint density at radius 1 is 1.71 bits per heavy atom. The summed E-state index contributed by atoms with van der Waals surface area (Å²) in [6, 6.07) is 0.680. The molecular formula is C13H23N3O. The van der Waals surface area contributed by atoms with E-state index in [4.69, 9.17) is 0 Å². The largest absolute Gasteiger partial charge is 0.396 e. The van der Waals surface area contributed by atoms with E-state index in [1.54, 1.807) is 0 Å². The van der Waals surface area contributed by atoms with Crippen molar-refractivity contribution in [3.05, 3.63) is 17.5 Å². The summed E-state index contributed by atoms with van der Waals surface area (Å²) < 4.78 is 0. The zero-order chi connectivity index (χ0) is 12.5. The Bertz CT molecular complexity index is 376. The SMILES string of the molecule is Cc1[nH]ncc1C(C)NC1CCCC1(C)CO. The number of hydrogen-bond acceptors (Lipinski definition) is 3. The van der Waals surface area contributed by atoms with Crippen LogP contribution in [0.3, 0.4) is 0 Å². The first kappa shape index (κ1) is 12.6. The lowest BCUT2D eigenvalue weighted by Crippen LogP contribution is -2.42. The van der Waals surface area contributed by atoms with Gasteiger partial charge in [0.1, 0.15) is 0 Å². The molecule has 4 nitrogen and oxygen atoms in total. The second-order valence-corrected chi connectivity index (χ2v) is 5.60. The molecule has 0 spiro atoms. The minimum absolute atomic E-state index is 0.0336. The summed E-state index contributed by atoms with van der Waals surface area (Å²) in [5.41, 5.74) is 2.37. The van der Waals surface area contributed by atoms with Gasteiger partial charge >= 0.3 is 0 Å². The third-order valence-electron chi connectivity index (χ3n) is 4.23. The third-order valence-corrected chi connectivity index (χ3v) is 4.23. The van der Waals surface area contributed by atoms with Crippen molar-refractivity contribution in [1.82, 2.24) is 15.5 Å². The van der Waals surface area contributed by atoms with Crippen LogP contribution in [0, 0.1) is 12.3 Å². The molecule has 1 saturated carbocycles. The first-order valence-electron chi connectivity index (χ1n) is 6.43. The number of aromatic amines is 1. The summed E-state index contributed by atoms with van der Waals surface area (Å²) in [5.74, 6) is 0. The van der Waals surface area contributed by atoms with Gasteiger partial charge in [-0.15, -0.1) is 0 Å². The Balaban J connectivity index is 2.04. The Morgan fingerprint density at radius 3 is 3.06 bits per heavy atom. The lowest BCUT2D eigenvalue weighted by Gasteiger charge is -2.32. The molecule has 0 bridgehead atoms. The Morgan fingerprint density at radius 2 is 2.47 bits per heavy atom. The van der Waals surface area contributed by atoms with E-state index in [1.165, 1.54) is 12.0 Å². The number of hydrogen-bond donors (Lipinski definition) is 3. The topological polar surface area (TPSA) is 60.9 Å². The van der Waals surface area contributed by atoms with E-state index in [0.29, 0.717) is 6.04 Å². The molecule has 0 aliphatic heterocycles. The molecule has 3 N–H and O–H groups in total. The Labute approximate surface area is 103 Å². The third kappa shape index (κ3) is 2.38. The molecule has 1 aromatic heterocycles. The van der Waals surface area contributed by atoms with Crippen molar-refractivity contribution in [2.24, 2.45) is 5.41 Å². The molecule has 1 aromatic rings. The molecule has 1 fully saturated rings. The van der Waals surface area contributed by atoms with Gasteiger partial charge in [0.15, 0.2) is 0 Å². The van der Waals surface area contributed by atoms with Crippen LogP contribution in [0.15, 0.2) is 6.20 Å². The van der Waals surface area contributed by atoms with Gasteiger partial charge in [-0.3, -0.25) is 5.10 Å². The molecule has 17 heavy (non-hydrogen) atoms. The van der Waals surface area contributed by atoms with Crippen molar-refractivity contribution in [3.63, 3.8) is 0 Å². The lowest BCUT2D eigenvalue weighted by molar-refractivity contribution is 0.114. The zero-order valence-corrected chi connectivity index (χ0v) is 11.0. The highest BCUT2D eigenvalue weighted by molar-refractivity contribution is 5.19. The standard InChI is InChI=1S/C13H23N3O/c1-9(11-7-14-16-10(11)2)15-12-5-4-6-13(12,3)8-17/h7,9,12,15,17H,4-6,8H2,1-3H3,(H,14,16). The van der Waals surface area contributed by atoms with E-state index in [1.807, 2.05) is 13.1 Å². The summed E-state index contributed by atoms with van der Waals surface area (Å²) in [7, 11) is 0. The van der Waals surface area contributed by atoms with Crippen LogP contribution >= 0.6 is 0 Å². The Hall–Kier alpha value is -0.870. The predicted molar refractivity (Wildman–Crippen MR) is 67.7 cm³/mol. The van der Waals surface area contributed by atoms with Crippen LogP contribution in [0.5, 0.6) is 0 Å². The number of aliphatic hydroxyl groups is 1. The molecule has 96 valence electrons. The molecule has 2 rings (SSSR count). The smallest absolute Gasteiger partial charge is 0.0537 e. The number of H-pyrrole nitrogens is 1. The fourth-order valence-corrected chi connectivity index (χ4v) is 2.89. The van der Waals surface area contributed by atoms with Crippen molar-refractivity contribution in [2.45, 2.75) is 52.1 Å². The molecule has 1 aliphatic carbocycles. The maximum atomic E-state index is 9.54. The van der Waals surface area contributed by atoms with Crippen molar-refractivity contribution in [2.75, 3.05) is 6.61 Å². The molecule has 0 radical (unpaired) electrons. The monoisotopic (exact) mass is 237 g/mol. The van der Waals surface area contributed by atoms with Crippen LogP contribution in [0.4, 0.5) is 0 Å². The number of nitrogens with zero attached hydrogens (tertiary/aromatic N) is 1. The lowest BCUT2D eigenvalue weighted by atomic mass is 9.85. The maximum Gasteiger partial charge on any atom is 0.0537 e. The summed E-state index contributed by atoms with van der Waals surface area (Å²) >= 11 is 0. The minimum atomic E-state index is 0.0336. The first-order chi connectivity index (χ1) is 8.07. The van der Waals surface area contributed by atoms with E-state index in [-0.39, 0.29) is 18.1 Å². The highest BCUT2D eigenvalue weighted by atomic mass is 16.3. The Kier molecular flexibility index (Phi) is 3.54. The normalized spacial score (nSPS) is 30.7. The summed E-state index contributed by atoms with van der Waals surface area (Å²) in [6.07, 6.45) is 5.35.